The number of hydrogen-bond acceptors (Lipinski definition) is 5. The smallest absolute Gasteiger partial charge is 0.163 e. The summed E-state index contributed by atoms with van der Waals surface area (Å²) < 4.78 is 0. The van der Waals surface area contributed by atoms with E-state index < -0.39 is 0 Å². The summed E-state index contributed by atoms with van der Waals surface area (Å²) in [5.74, 6) is 1.90. The van der Waals surface area contributed by atoms with Gasteiger partial charge in [-0.1, -0.05) is 86.5 Å². The molecule has 5 heteroatoms. The van der Waals surface area contributed by atoms with Gasteiger partial charge in [0.2, 0.25) is 0 Å². The number of phenols is 2. The Bertz CT molecular complexity index is 1110. The first-order chi connectivity index (χ1) is 15.6. The minimum atomic E-state index is -0.114. The van der Waals surface area contributed by atoms with Gasteiger partial charge in [0.15, 0.2) is 23.1 Å². The van der Waals surface area contributed by atoms with Crippen LogP contribution in [0.4, 0.5) is 0 Å². The molecule has 4 rings (SSSR count). The molecule has 1 heterocycles. The van der Waals surface area contributed by atoms with Crippen LogP contribution in [0.3, 0.4) is 0 Å². The maximum atomic E-state index is 9.95. The van der Waals surface area contributed by atoms with E-state index in [0.717, 1.165) is 41.8 Å². The molecule has 0 saturated carbocycles. The minimum Gasteiger partial charge on any atom is -0.504 e. The summed E-state index contributed by atoms with van der Waals surface area (Å²) in [4.78, 5) is 14.5. The summed E-state index contributed by atoms with van der Waals surface area (Å²) in [6, 6.07) is 24.9. The highest BCUT2D eigenvalue weighted by molar-refractivity contribution is 5.60. The molecule has 0 spiro atoms. The molecular weight excluding hydrogens is 398 g/mol. The van der Waals surface area contributed by atoms with Crippen molar-refractivity contribution >= 4 is 0 Å². The molecule has 5 nitrogen and oxygen atoms in total. The molecule has 1 aromatic heterocycles. The quantitative estimate of drug-likeness (QED) is 0.332. The van der Waals surface area contributed by atoms with E-state index in [9.17, 15) is 10.2 Å². The highest BCUT2D eigenvalue weighted by Gasteiger charge is 2.20. The maximum Gasteiger partial charge on any atom is 0.163 e. The molecule has 162 valence electrons. The van der Waals surface area contributed by atoms with Crippen LogP contribution in [-0.4, -0.2) is 25.2 Å². The fourth-order valence-electron chi connectivity index (χ4n) is 3.76. The van der Waals surface area contributed by atoms with Gasteiger partial charge in [0, 0.05) is 17.0 Å². The van der Waals surface area contributed by atoms with Crippen LogP contribution in [-0.2, 0) is 6.42 Å². The monoisotopic (exact) mass is 425 g/mol. The largest absolute Gasteiger partial charge is 0.504 e. The van der Waals surface area contributed by atoms with Crippen LogP contribution < -0.4 is 0 Å². The van der Waals surface area contributed by atoms with Gasteiger partial charge in [-0.3, -0.25) is 0 Å². The topological polar surface area (TPSA) is 79.1 Å². The summed E-state index contributed by atoms with van der Waals surface area (Å²) in [6.07, 6.45) is 3.70. The molecule has 0 saturated heterocycles. The zero-order valence-corrected chi connectivity index (χ0v) is 18.1. The van der Waals surface area contributed by atoms with E-state index in [-0.39, 0.29) is 17.4 Å². The SMILES string of the molecule is CCCCC(Cc1ccc(O)c(O)c1)c1nc(-c2ccccc2)nc(-c2ccccc2)n1. The van der Waals surface area contributed by atoms with Crippen LogP contribution in [0.15, 0.2) is 78.9 Å². The van der Waals surface area contributed by atoms with E-state index in [1.165, 1.54) is 6.07 Å². The van der Waals surface area contributed by atoms with Crippen LogP contribution in [0.2, 0.25) is 0 Å². The van der Waals surface area contributed by atoms with Gasteiger partial charge in [0.25, 0.3) is 0 Å². The van der Waals surface area contributed by atoms with Crippen molar-refractivity contribution < 1.29 is 10.2 Å². The summed E-state index contributed by atoms with van der Waals surface area (Å²) in [7, 11) is 0. The Morgan fingerprint density at radius 1 is 0.719 bits per heavy atom. The Labute approximate surface area is 188 Å². The lowest BCUT2D eigenvalue weighted by Gasteiger charge is -2.18. The number of rotatable bonds is 8. The Kier molecular flexibility index (Phi) is 6.75. The normalized spacial score (nSPS) is 11.9. The fraction of sp³-hybridized carbons (Fsp3) is 0.222. The first-order valence-corrected chi connectivity index (χ1v) is 11.0. The van der Waals surface area contributed by atoms with Crippen molar-refractivity contribution in [1.82, 2.24) is 15.0 Å². The highest BCUT2D eigenvalue weighted by atomic mass is 16.3. The average Bonchev–Trinajstić information content (AvgIpc) is 2.84. The van der Waals surface area contributed by atoms with Crippen LogP contribution >= 0.6 is 0 Å². The van der Waals surface area contributed by atoms with Gasteiger partial charge in [-0.05, 0) is 30.5 Å². The van der Waals surface area contributed by atoms with Crippen molar-refractivity contribution in [2.24, 2.45) is 0 Å². The molecule has 4 aromatic rings. The lowest BCUT2D eigenvalue weighted by Crippen LogP contribution is -2.11. The van der Waals surface area contributed by atoms with Gasteiger partial charge in [0.05, 0.1) is 0 Å². The van der Waals surface area contributed by atoms with Crippen molar-refractivity contribution in [3.8, 4) is 34.3 Å². The molecule has 0 radical (unpaired) electrons. The number of nitrogens with zero attached hydrogens (tertiary/aromatic N) is 3. The number of hydrogen-bond donors (Lipinski definition) is 2. The molecule has 32 heavy (non-hydrogen) atoms. The third-order valence-electron chi connectivity index (χ3n) is 5.51. The average molecular weight is 426 g/mol. The second-order valence-electron chi connectivity index (χ2n) is 7.94. The molecule has 0 aliphatic rings. The van der Waals surface area contributed by atoms with Crippen molar-refractivity contribution in [2.45, 2.75) is 38.5 Å². The van der Waals surface area contributed by atoms with Crippen LogP contribution in [0.25, 0.3) is 22.8 Å². The Balaban J connectivity index is 1.78. The van der Waals surface area contributed by atoms with E-state index in [1.54, 1.807) is 6.07 Å². The highest BCUT2D eigenvalue weighted by Crippen LogP contribution is 2.31. The number of aromatic hydroxyl groups is 2. The number of benzene rings is 3. The first kappa shape index (κ1) is 21.5. The maximum absolute atomic E-state index is 9.95. The van der Waals surface area contributed by atoms with Crippen LogP contribution in [0.5, 0.6) is 11.5 Å². The Morgan fingerprint density at radius 2 is 1.31 bits per heavy atom. The second-order valence-corrected chi connectivity index (χ2v) is 7.94. The van der Waals surface area contributed by atoms with Gasteiger partial charge in [-0.2, -0.15) is 0 Å². The third kappa shape index (κ3) is 5.11. The van der Waals surface area contributed by atoms with E-state index in [1.807, 2.05) is 66.7 Å². The molecule has 0 aliphatic carbocycles. The van der Waals surface area contributed by atoms with E-state index >= 15 is 0 Å². The first-order valence-electron chi connectivity index (χ1n) is 11.0. The molecule has 0 aliphatic heterocycles. The Hall–Kier alpha value is -3.73. The molecule has 1 atom stereocenters. The van der Waals surface area contributed by atoms with Gasteiger partial charge < -0.3 is 10.2 Å². The lowest BCUT2D eigenvalue weighted by molar-refractivity contribution is 0.402. The predicted molar refractivity (Wildman–Crippen MR) is 126 cm³/mol. The molecule has 0 fully saturated rings. The van der Waals surface area contributed by atoms with E-state index in [2.05, 4.69) is 6.92 Å². The standard InChI is InChI=1S/C27H27N3O2/c1-2-3-10-22(17-19-15-16-23(31)24(32)18-19)27-29-25(20-11-6-4-7-12-20)28-26(30-27)21-13-8-5-9-14-21/h4-9,11-16,18,22,31-32H,2-3,10,17H2,1H3. The molecule has 0 amide bonds. The van der Waals surface area contributed by atoms with Crippen LogP contribution in [0.1, 0.15) is 43.5 Å². The molecule has 2 N–H and O–H groups in total. The van der Waals surface area contributed by atoms with Crippen molar-refractivity contribution in [1.29, 1.82) is 0 Å². The molecule has 0 bridgehead atoms. The second kappa shape index (κ2) is 10.1. The van der Waals surface area contributed by atoms with Crippen LogP contribution in [0, 0.1) is 0 Å². The summed E-state index contributed by atoms with van der Waals surface area (Å²) in [5, 5.41) is 19.6. The third-order valence-corrected chi connectivity index (χ3v) is 5.51. The van der Waals surface area contributed by atoms with Gasteiger partial charge in [-0.15, -0.1) is 0 Å². The zero-order valence-electron chi connectivity index (χ0n) is 18.1. The van der Waals surface area contributed by atoms with Gasteiger partial charge in [0.1, 0.15) is 5.82 Å². The van der Waals surface area contributed by atoms with Gasteiger partial charge >= 0.3 is 0 Å². The molecule has 1 unspecified atom stereocenters. The number of unbranched alkanes of at least 4 members (excludes halogenated alkanes) is 1. The van der Waals surface area contributed by atoms with E-state index in [0.29, 0.717) is 18.1 Å². The summed E-state index contributed by atoms with van der Waals surface area (Å²) >= 11 is 0. The van der Waals surface area contributed by atoms with E-state index in [4.69, 9.17) is 15.0 Å². The number of phenolic OH excluding ortho intramolecular Hbond substituents is 2. The number of aromatic nitrogens is 3. The Morgan fingerprint density at radius 3 is 1.84 bits per heavy atom. The van der Waals surface area contributed by atoms with Crippen molar-refractivity contribution in [3.63, 3.8) is 0 Å². The van der Waals surface area contributed by atoms with Gasteiger partial charge in [-0.25, -0.2) is 15.0 Å². The van der Waals surface area contributed by atoms with Crippen molar-refractivity contribution in [2.75, 3.05) is 0 Å². The molecule has 3 aromatic carbocycles. The predicted octanol–water partition coefficient (Wildman–Crippen LogP) is 6.13. The molecular formula is C27H27N3O2. The lowest BCUT2D eigenvalue weighted by atomic mass is 9.93. The summed E-state index contributed by atoms with van der Waals surface area (Å²) in [6.45, 7) is 2.17. The fourth-order valence-corrected chi connectivity index (χ4v) is 3.76. The minimum absolute atomic E-state index is 0.0619. The zero-order chi connectivity index (χ0) is 22.3. The van der Waals surface area contributed by atoms with Crippen molar-refractivity contribution in [3.05, 3.63) is 90.3 Å². The summed E-state index contributed by atoms with van der Waals surface area (Å²) in [5.41, 5.74) is 2.83.